The molecule has 0 fully saturated rings. The summed E-state index contributed by atoms with van der Waals surface area (Å²) >= 11 is 4.60. The number of nitrogens with zero attached hydrogens (tertiary/aromatic N) is 3. The van der Waals surface area contributed by atoms with Gasteiger partial charge in [-0.25, -0.2) is 9.97 Å². The van der Waals surface area contributed by atoms with Gasteiger partial charge in [0.1, 0.15) is 5.82 Å². The van der Waals surface area contributed by atoms with E-state index in [1.54, 1.807) is 12.4 Å². The summed E-state index contributed by atoms with van der Waals surface area (Å²) in [6.07, 6.45) is 3.37. The smallest absolute Gasteiger partial charge is 0.280 e. The van der Waals surface area contributed by atoms with Crippen LogP contribution < -0.4 is 10.2 Å². The van der Waals surface area contributed by atoms with E-state index in [1.165, 1.54) is 11.3 Å². The van der Waals surface area contributed by atoms with Crippen molar-refractivity contribution < 1.29 is 4.79 Å². The number of nitrogens with one attached hydrogen (secondary N) is 1. The topological polar surface area (TPSA) is 58.1 Å². The Kier molecular flexibility index (Phi) is 4.86. The molecule has 100 valence electrons. The summed E-state index contributed by atoms with van der Waals surface area (Å²) in [4.78, 5) is 22.0. The molecule has 0 aromatic carbocycles. The zero-order valence-corrected chi connectivity index (χ0v) is 12.7. The largest absolute Gasteiger partial charge is 0.358 e. The molecule has 0 saturated carbocycles. The molecule has 2 rings (SSSR count). The predicted molar refractivity (Wildman–Crippen MR) is 79.7 cm³/mol. The second kappa shape index (κ2) is 6.63. The number of hydrogen-bond acceptors (Lipinski definition) is 5. The fourth-order valence-electron chi connectivity index (χ4n) is 1.47. The minimum absolute atomic E-state index is 0.148. The van der Waals surface area contributed by atoms with Gasteiger partial charge in [0, 0.05) is 26.3 Å². The molecule has 19 heavy (non-hydrogen) atoms. The first-order chi connectivity index (χ1) is 9.16. The summed E-state index contributed by atoms with van der Waals surface area (Å²) in [6, 6.07) is 5.74. The Hall–Kier alpha value is -1.47. The Bertz CT molecular complexity index is 546. The first-order valence-electron chi connectivity index (χ1n) is 5.68. The molecule has 0 atom stereocenters. The molecule has 5 nitrogen and oxygen atoms in total. The van der Waals surface area contributed by atoms with E-state index >= 15 is 0 Å². The van der Waals surface area contributed by atoms with Crippen LogP contribution in [0.3, 0.4) is 0 Å². The van der Waals surface area contributed by atoms with Crippen molar-refractivity contribution in [3.8, 4) is 0 Å². The molecule has 2 aromatic rings. The second-order valence-corrected chi connectivity index (χ2v) is 6.24. The Morgan fingerprint density at radius 3 is 2.95 bits per heavy atom. The number of carbonyl (C=O) groups is 1. The van der Waals surface area contributed by atoms with E-state index < -0.39 is 0 Å². The van der Waals surface area contributed by atoms with Crippen LogP contribution in [0.1, 0.15) is 9.80 Å². The van der Waals surface area contributed by atoms with Crippen molar-refractivity contribution in [1.29, 1.82) is 0 Å². The fourth-order valence-corrected chi connectivity index (χ4v) is 2.59. The molecule has 2 heterocycles. The summed E-state index contributed by atoms with van der Waals surface area (Å²) in [5.74, 6) is 0.735. The maximum absolute atomic E-state index is 11.8. The number of anilines is 1. The number of amides is 1. The van der Waals surface area contributed by atoms with Crippen molar-refractivity contribution in [1.82, 2.24) is 15.3 Å². The third-order valence-corrected chi connectivity index (χ3v) is 3.92. The van der Waals surface area contributed by atoms with Crippen LogP contribution >= 0.6 is 27.3 Å². The quantitative estimate of drug-likeness (QED) is 0.906. The minimum Gasteiger partial charge on any atom is -0.358 e. The molecule has 7 heteroatoms. The van der Waals surface area contributed by atoms with Crippen LogP contribution in [0.4, 0.5) is 5.82 Å². The number of halogens is 1. The van der Waals surface area contributed by atoms with Gasteiger partial charge in [-0.05, 0) is 28.1 Å². The van der Waals surface area contributed by atoms with Gasteiger partial charge >= 0.3 is 0 Å². The van der Waals surface area contributed by atoms with Crippen LogP contribution in [0.2, 0.25) is 0 Å². The first kappa shape index (κ1) is 14.0. The van der Waals surface area contributed by atoms with Crippen LogP contribution in [0, 0.1) is 0 Å². The van der Waals surface area contributed by atoms with Gasteiger partial charge in [-0.3, -0.25) is 4.79 Å². The van der Waals surface area contributed by atoms with Crippen molar-refractivity contribution in [2.24, 2.45) is 0 Å². The third kappa shape index (κ3) is 4.00. The zero-order valence-electron chi connectivity index (χ0n) is 10.3. The van der Waals surface area contributed by atoms with E-state index in [0.717, 1.165) is 9.60 Å². The number of carbonyl (C=O) groups excluding carboxylic acids is 1. The SMILES string of the molecule is CN(CCNC(=O)c1ncc(Br)s1)c1ccccn1. The lowest BCUT2D eigenvalue weighted by molar-refractivity contribution is 0.0954. The Morgan fingerprint density at radius 2 is 2.32 bits per heavy atom. The van der Waals surface area contributed by atoms with E-state index in [4.69, 9.17) is 0 Å². The molecule has 0 unspecified atom stereocenters. The minimum atomic E-state index is -0.148. The first-order valence-corrected chi connectivity index (χ1v) is 7.29. The molecule has 2 aromatic heterocycles. The van der Waals surface area contributed by atoms with Crippen LogP contribution in [0.25, 0.3) is 0 Å². The summed E-state index contributed by atoms with van der Waals surface area (Å²) < 4.78 is 0.850. The van der Waals surface area contributed by atoms with Crippen molar-refractivity contribution in [3.63, 3.8) is 0 Å². The number of pyridine rings is 1. The Balaban J connectivity index is 1.79. The molecule has 0 aliphatic carbocycles. The lowest BCUT2D eigenvalue weighted by Gasteiger charge is -2.17. The van der Waals surface area contributed by atoms with Gasteiger partial charge in [0.2, 0.25) is 0 Å². The molecule has 0 aliphatic heterocycles. The average Bonchev–Trinajstić information content (AvgIpc) is 2.86. The van der Waals surface area contributed by atoms with Crippen LogP contribution in [0.5, 0.6) is 0 Å². The molecule has 0 spiro atoms. The highest BCUT2D eigenvalue weighted by Crippen LogP contribution is 2.18. The molecular formula is C12H13BrN4OS. The highest BCUT2D eigenvalue weighted by atomic mass is 79.9. The van der Waals surface area contributed by atoms with Gasteiger partial charge < -0.3 is 10.2 Å². The highest BCUT2D eigenvalue weighted by Gasteiger charge is 2.10. The van der Waals surface area contributed by atoms with Crippen molar-refractivity contribution in [2.45, 2.75) is 0 Å². The van der Waals surface area contributed by atoms with Crippen LogP contribution in [-0.2, 0) is 0 Å². The number of aromatic nitrogens is 2. The van der Waals surface area contributed by atoms with E-state index in [0.29, 0.717) is 18.1 Å². The maximum Gasteiger partial charge on any atom is 0.280 e. The maximum atomic E-state index is 11.8. The van der Waals surface area contributed by atoms with Gasteiger partial charge in [-0.1, -0.05) is 6.07 Å². The van der Waals surface area contributed by atoms with Crippen molar-refractivity contribution in [3.05, 3.63) is 39.4 Å². The summed E-state index contributed by atoms with van der Waals surface area (Å²) in [7, 11) is 1.94. The van der Waals surface area contributed by atoms with Crippen LogP contribution in [0.15, 0.2) is 34.4 Å². The molecule has 1 N–H and O–H groups in total. The molecule has 0 bridgehead atoms. The normalized spacial score (nSPS) is 10.2. The van der Waals surface area contributed by atoms with Crippen molar-refractivity contribution in [2.75, 3.05) is 25.0 Å². The lowest BCUT2D eigenvalue weighted by Crippen LogP contribution is -2.33. The zero-order chi connectivity index (χ0) is 13.7. The molecular weight excluding hydrogens is 328 g/mol. The molecule has 1 amide bonds. The summed E-state index contributed by atoms with van der Waals surface area (Å²) in [5.41, 5.74) is 0. The molecule has 0 aliphatic rings. The summed E-state index contributed by atoms with van der Waals surface area (Å²) in [5, 5.41) is 3.30. The van der Waals surface area contributed by atoms with Gasteiger partial charge in [0.15, 0.2) is 5.01 Å². The number of thiazole rings is 1. The van der Waals surface area contributed by atoms with E-state index in [9.17, 15) is 4.79 Å². The van der Waals surface area contributed by atoms with E-state index in [2.05, 4.69) is 31.2 Å². The standard InChI is InChI=1S/C12H13BrN4OS/c1-17(10-4-2-3-5-14-10)7-6-15-11(18)12-16-8-9(13)19-12/h2-5,8H,6-7H2,1H3,(H,15,18). The lowest BCUT2D eigenvalue weighted by atomic mass is 10.4. The van der Waals surface area contributed by atoms with Gasteiger partial charge in [0.05, 0.1) is 9.98 Å². The monoisotopic (exact) mass is 340 g/mol. The van der Waals surface area contributed by atoms with Crippen molar-refractivity contribution >= 4 is 39.0 Å². The Labute approximate surface area is 123 Å². The molecule has 0 saturated heterocycles. The molecule has 0 radical (unpaired) electrons. The van der Waals surface area contributed by atoms with Gasteiger partial charge in [-0.15, -0.1) is 11.3 Å². The number of hydrogen-bond donors (Lipinski definition) is 1. The van der Waals surface area contributed by atoms with Gasteiger partial charge in [-0.2, -0.15) is 0 Å². The summed E-state index contributed by atoms with van der Waals surface area (Å²) in [6.45, 7) is 1.23. The fraction of sp³-hybridized carbons (Fsp3) is 0.250. The highest BCUT2D eigenvalue weighted by molar-refractivity contribution is 9.11. The Morgan fingerprint density at radius 1 is 1.47 bits per heavy atom. The van der Waals surface area contributed by atoms with Crippen LogP contribution in [-0.4, -0.2) is 36.0 Å². The van der Waals surface area contributed by atoms with E-state index in [-0.39, 0.29) is 5.91 Å². The number of rotatable bonds is 5. The number of likely N-dealkylation sites (N-methyl/N-ethyl adjacent to an activating group) is 1. The average molecular weight is 341 g/mol. The predicted octanol–water partition coefficient (Wildman–Crippen LogP) is 2.17. The third-order valence-electron chi connectivity index (χ3n) is 2.44. The van der Waals surface area contributed by atoms with Gasteiger partial charge in [0.25, 0.3) is 5.91 Å². The second-order valence-electron chi connectivity index (χ2n) is 3.83. The van der Waals surface area contributed by atoms with E-state index in [1.807, 2.05) is 30.1 Å².